The summed E-state index contributed by atoms with van der Waals surface area (Å²) in [7, 11) is 0. The summed E-state index contributed by atoms with van der Waals surface area (Å²) in [5, 5.41) is 0. The highest BCUT2D eigenvalue weighted by Crippen LogP contribution is 2.27. The van der Waals surface area contributed by atoms with Gasteiger partial charge in [0.25, 0.3) is 0 Å². The van der Waals surface area contributed by atoms with Crippen molar-refractivity contribution in [1.29, 1.82) is 0 Å². The van der Waals surface area contributed by atoms with Gasteiger partial charge in [-0.25, -0.2) is 4.39 Å². The zero-order valence-corrected chi connectivity index (χ0v) is 12.5. The molecule has 0 aliphatic carbocycles. The van der Waals surface area contributed by atoms with Crippen LogP contribution in [0.25, 0.3) is 11.1 Å². The number of rotatable bonds is 2. The van der Waals surface area contributed by atoms with Crippen molar-refractivity contribution in [3.63, 3.8) is 0 Å². The van der Waals surface area contributed by atoms with Crippen LogP contribution in [-0.4, -0.2) is 24.8 Å². The van der Waals surface area contributed by atoms with Crippen molar-refractivity contribution in [2.24, 2.45) is 4.99 Å². The summed E-state index contributed by atoms with van der Waals surface area (Å²) >= 11 is 0. The van der Waals surface area contributed by atoms with E-state index in [0.717, 1.165) is 16.7 Å². The minimum Gasteiger partial charge on any atom is -0.458 e. The molecule has 0 N–H and O–H groups in total. The number of hydrogen-bond acceptors (Lipinski definition) is 3. The average Bonchev–Trinajstić information content (AvgIpc) is 2.49. The van der Waals surface area contributed by atoms with Gasteiger partial charge in [-0.05, 0) is 31.0 Å². The fraction of sp³-hybridized carbons (Fsp3) is 0.222. The molecule has 0 fully saturated rings. The van der Waals surface area contributed by atoms with Crippen LogP contribution in [0.2, 0.25) is 0 Å². The molecule has 3 nitrogen and oxygen atoms in total. The lowest BCUT2D eigenvalue weighted by atomic mass is 9.96. The van der Waals surface area contributed by atoms with Crippen LogP contribution < -0.4 is 0 Å². The summed E-state index contributed by atoms with van der Waals surface area (Å²) in [6, 6.07) is 11.0. The Morgan fingerprint density at radius 1 is 1.09 bits per heavy atom. The van der Waals surface area contributed by atoms with Crippen molar-refractivity contribution >= 4 is 11.7 Å². The second kappa shape index (κ2) is 5.72. The van der Waals surface area contributed by atoms with Crippen LogP contribution in [0, 0.1) is 19.7 Å². The van der Waals surface area contributed by atoms with Crippen molar-refractivity contribution in [3.05, 3.63) is 58.9 Å². The number of aryl methyl sites for hydroxylation is 2. The number of carbonyl (C=O) groups is 1. The standard InChI is InChI=1S/C18H16FNO2/c1-11-3-5-14(12(2)7-11)15-6-4-13(8-16(15)19)17-10-22-18(21)9-20-17/h3-8H,9-10H2,1-2H3. The Labute approximate surface area is 128 Å². The molecular weight excluding hydrogens is 281 g/mol. The zero-order valence-electron chi connectivity index (χ0n) is 12.5. The van der Waals surface area contributed by atoms with Crippen LogP contribution in [0.15, 0.2) is 41.4 Å². The van der Waals surface area contributed by atoms with Crippen molar-refractivity contribution in [3.8, 4) is 11.1 Å². The topological polar surface area (TPSA) is 38.7 Å². The molecule has 112 valence electrons. The maximum atomic E-state index is 14.5. The van der Waals surface area contributed by atoms with Gasteiger partial charge in [0.15, 0.2) is 0 Å². The van der Waals surface area contributed by atoms with Gasteiger partial charge in [0.1, 0.15) is 19.0 Å². The fourth-order valence-corrected chi connectivity index (χ4v) is 2.60. The molecule has 2 aromatic carbocycles. The molecule has 0 radical (unpaired) electrons. The van der Waals surface area contributed by atoms with E-state index in [-0.39, 0.29) is 24.9 Å². The van der Waals surface area contributed by atoms with Crippen LogP contribution in [-0.2, 0) is 9.53 Å². The Kier molecular flexibility index (Phi) is 3.75. The minimum atomic E-state index is -0.351. The monoisotopic (exact) mass is 297 g/mol. The molecule has 0 bridgehead atoms. The van der Waals surface area contributed by atoms with E-state index < -0.39 is 0 Å². The highest BCUT2D eigenvalue weighted by Gasteiger charge is 2.16. The molecule has 4 heteroatoms. The first-order valence-corrected chi connectivity index (χ1v) is 7.11. The predicted molar refractivity (Wildman–Crippen MR) is 83.7 cm³/mol. The Bertz CT molecular complexity index is 781. The number of nitrogens with zero attached hydrogens (tertiary/aromatic N) is 1. The SMILES string of the molecule is Cc1ccc(-c2ccc(C3=NCC(=O)OC3)cc2F)c(C)c1. The van der Waals surface area contributed by atoms with Crippen LogP contribution in [0.3, 0.4) is 0 Å². The van der Waals surface area contributed by atoms with E-state index >= 15 is 0 Å². The van der Waals surface area contributed by atoms with Gasteiger partial charge in [0.2, 0.25) is 0 Å². The Hall–Kier alpha value is -2.49. The highest BCUT2D eigenvalue weighted by atomic mass is 19.1. The first-order valence-electron chi connectivity index (χ1n) is 7.11. The Morgan fingerprint density at radius 3 is 2.50 bits per heavy atom. The minimum absolute atomic E-state index is 0.00419. The van der Waals surface area contributed by atoms with Crippen molar-refractivity contribution in [2.45, 2.75) is 13.8 Å². The number of halogens is 1. The molecule has 1 aliphatic heterocycles. The Morgan fingerprint density at radius 2 is 1.86 bits per heavy atom. The molecule has 0 aromatic heterocycles. The molecule has 0 unspecified atom stereocenters. The van der Waals surface area contributed by atoms with Gasteiger partial charge in [-0.1, -0.05) is 35.9 Å². The summed E-state index contributed by atoms with van der Waals surface area (Å²) < 4.78 is 19.4. The van der Waals surface area contributed by atoms with Gasteiger partial charge in [0.05, 0.1) is 5.71 Å². The highest BCUT2D eigenvalue weighted by molar-refractivity contribution is 6.04. The maximum Gasteiger partial charge on any atom is 0.328 e. The lowest BCUT2D eigenvalue weighted by Crippen LogP contribution is -2.23. The number of cyclic esters (lactones) is 1. The number of carbonyl (C=O) groups excluding carboxylic acids is 1. The van der Waals surface area contributed by atoms with Gasteiger partial charge in [0, 0.05) is 11.1 Å². The van der Waals surface area contributed by atoms with Gasteiger partial charge < -0.3 is 4.74 Å². The van der Waals surface area contributed by atoms with Gasteiger partial charge in [-0.2, -0.15) is 0 Å². The average molecular weight is 297 g/mol. The van der Waals surface area contributed by atoms with Gasteiger partial charge in [-0.3, -0.25) is 9.79 Å². The summed E-state index contributed by atoms with van der Waals surface area (Å²) in [5.41, 5.74) is 4.89. The lowest BCUT2D eigenvalue weighted by Gasteiger charge is -2.14. The molecule has 0 atom stereocenters. The van der Waals surface area contributed by atoms with E-state index in [0.29, 0.717) is 16.8 Å². The fourth-order valence-electron chi connectivity index (χ4n) is 2.60. The van der Waals surface area contributed by atoms with Gasteiger partial charge >= 0.3 is 5.97 Å². The third-order valence-electron chi connectivity index (χ3n) is 3.74. The van der Waals surface area contributed by atoms with E-state index in [4.69, 9.17) is 4.74 Å². The smallest absolute Gasteiger partial charge is 0.328 e. The van der Waals surface area contributed by atoms with E-state index in [9.17, 15) is 9.18 Å². The molecule has 0 spiro atoms. The third-order valence-corrected chi connectivity index (χ3v) is 3.74. The summed E-state index contributed by atoms with van der Waals surface area (Å²) in [6.45, 7) is 4.08. The van der Waals surface area contributed by atoms with Crippen LogP contribution in [0.1, 0.15) is 16.7 Å². The third kappa shape index (κ3) is 2.77. The van der Waals surface area contributed by atoms with Crippen LogP contribution >= 0.6 is 0 Å². The van der Waals surface area contributed by atoms with Crippen molar-refractivity contribution in [1.82, 2.24) is 0 Å². The lowest BCUT2D eigenvalue weighted by molar-refractivity contribution is -0.140. The quantitative estimate of drug-likeness (QED) is 0.796. The summed E-state index contributed by atoms with van der Waals surface area (Å²) in [4.78, 5) is 15.1. The van der Waals surface area contributed by atoms with Crippen LogP contribution in [0.4, 0.5) is 4.39 Å². The number of hydrogen-bond donors (Lipinski definition) is 0. The Balaban J connectivity index is 1.97. The predicted octanol–water partition coefficient (Wildman–Crippen LogP) is 3.46. The number of aliphatic imine (C=N–C) groups is 1. The molecule has 22 heavy (non-hydrogen) atoms. The van der Waals surface area contributed by atoms with Crippen molar-refractivity contribution < 1.29 is 13.9 Å². The molecule has 1 heterocycles. The van der Waals surface area contributed by atoms with Crippen molar-refractivity contribution in [2.75, 3.05) is 13.2 Å². The molecule has 0 saturated heterocycles. The van der Waals surface area contributed by atoms with Crippen LogP contribution in [0.5, 0.6) is 0 Å². The molecule has 2 aromatic rings. The van der Waals surface area contributed by atoms with E-state index in [1.165, 1.54) is 6.07 Å². The second-order valence-corrected chi connectivity index (χ2v) is 5.44. The largest absolute Gasteiger partial charge is 0.458 e. The summed E-state index contributed by atoms with van der Waals surface area (Å²) in [5.74, 6) is -0.653. The number of ether oxygens (including phenoxy) is 1. The summed E-state index contributed by atoms with van der Waals surface area (Å²) in [6.07, 6.45) is 0. The maximum absolute atomic E-state index is 14.5. The molecule has 3 rings (SSSR count). The molecule has 1 aliphatic rings. The molecule has 0 amide bonds. The second-order valence-electron chi connectivity index (χ2n) is 5.44. The first-order chi connectivity index (χ1) is 10.5. The van der Waals surface area contributed by atoms with Gasteiger partial charge in [-0.15, -0.1) is 0 Å². The zero-order chi connectivity index (χ0) is 15.7. The number of esters is 1. The first kappa shape index (κ1) is 14.4. The van der Waals surface area contributed by atoms with E-state index in [2.05, 4.69) is 4.99 Å². The number of benzene rings is 2. The van der Waals surface area contributed by atoms with E-state index in [1.807, 2.05) is 38.1 Å². The van der Waals surface area contributed by atoms with E-state index in [1.54, 1.807) is 6.07 Å². The molecular formula is C18H16FNO2. The normalized spacial score (nSPS) is 14.5. The molecule has 0 saturated carbocycles.